The van der Waals surface area contributed by atoms with Crippen LogP contribution in [-0.2, 0) is 5.60 Å². The third-order valence-electron chi connectivity index (χ3n) is 2.68. The van der Waals surface area contributed by atoms with Crippen LogP contribution in [0.4, 0.5) is 0 Å². The molecule has 0 amide bonds. The molecule has 13 heavy (non-hydrogen) atoms. The molecule has 1 N–H and O–H groups in total. The van der Waals surface area contributed by atoms with Crippen LogP contribution in [0, 0.1) is 5.41 Å². The second kappa shape index (κ2) is 3.11. The zero-order valence-corrected chi connectivity index (χ0v) is 8.70. The first-order valence-electron chi connectivity index (χ1n) is 4.48. The normalized spacial score (nSPS) is 16.7. The van der Waals surface area contributed by atoms with Crippen molar-refractivity contribution in [2.75, 3.05) is 0 Å². The highest BCUT2D eigenvalue weighted by Crippen LogP contribution is 2.38. The van der Waals surface area contributed by atoms with Gasteiger partial charge in [-0.2, -0.15) is 0 Å². The van der Waals surface area contributed by atoms with Crippen LogP contribution in [0.25, 0.3) is 0 Å². The molecule has 1 rings (SSSR count). The molecule has 1 atom stereocenters. The van der Waals surface area contributed by atoms with Gasteiger partial charge in [0.1, 0.15) is 0 Å². The fourth-order valence-electron chi connectivity index (χ4n) is 1.08. The van der Waals surface area contributed by atoms with Crippen LogP contribution < -0.4 is 0 Å². The lowest BCUT2D eigenvalue weighted by Crippen LogP contribution is -2.36. The summed E-state index contributed by atoms with van der Waals surface area (Å²) < 4.78 is 0. The second-order valence-electron chi connectivity index (χ2n) is 4.56. The van der Waals surface area contributed by atoms with Crippen LogP contribution in [0.1, 0.15) is 33.3 Å². The maximum Gasteiger partial charge on any atom is 0.0931 e. The van der Waals surface area contributed by atoms with Crippen LogP contribution in [0.3, 0.4) is 0 Å². The van der Waals surface area contributed by atoms with E-state index in [4.69, 9.17) is 0 Å². The van der Waals surface area contributed by atoms with Gasteiger partial charge in [0.2, 0.25) is 0 Å². The number of rotatable bonds is 1. The Bertz CT molecular complexity index is 272. The minimum atomic E-state index is -0.832. The number of nitrogens with zero attached hydrogens (tertiary/aromatic N) is 1. The number of hydrogen-bond acceptors (Lipinski definition) is 2. The van der Waals surface area contributed by atoms with Gasteiger partial charge in [0.05, 0.1) is 5.60 Å². The summed E-state index contributed by atoms with van der Waals surface area (Å²) in [5.41, 5.74) is -0.153. The summed E-state index contributed by atoms with van der Waals surface area (Å²) in [4.78, 5) is 4.00. The number of aromatic nitrogens is 1. The molecule has 2 nitrogen and oxygen atoms in total. The molecule has 1 unspecified atom stereocenters. The number of pyridine rings is 1. The topological polar surface area (TPSA) is 33.1 Å². The van der Waals surface area contributed by atoms with Gasteiger partial charge in [-0.1, -0.05) is 26.8 Å². The molecule has 0 saturated heterocycles. The molecule has 2 heteroatoms. The van der Waals surface area contributed by atoms with Crippen molar-refractivity contribution in [2.24, 2.45) is 5.41 Å². The zero-order chi connectivity index (χ0) is 10.1. The summed E-state index contributed by atoms with van der Waals surface area (Å²) in [6, 6.07) is 3.74. The van der Waals surface area contributed by atoms with Gasteiger partial charge in [0.15, 0.2) is 0 Å². The minimum Gasteiger partial charge on any atom is -0.385 e. The van der Waals surface area contributed by atoms with Gasteiger partial charge < -0.3 is 5.11 Å². The Labute approximate surface area is 79.6 Å². The van der Waals surface area contributed by atoms with E-state index < -0.39 is 5.60 Å². The largest absolute Gasteiger partial charge is 0.385 e. The Kier molecular flexibility index (Phi) is 2.44. The van der Waals surface area contributed by atoms with E-state index in [2.05, 4.69) is 4.98 Å². The molecule has 0 aromatic carbocycles. The smallest absolute Gasteiger partial charge is 0.0931 e. The highest BCUT2D eigenvalue weighted by atomic mass is 16.3. The zero-order valence-electron chi connectivity index (χ0n) is 8.70. The lowest BCUT2D eigenvalue weighted by molar-refractivity contribution is -0.0472. The molecule has 0 saturated carbocycles. The molecule has 1 heterocycles. The third kappa shape index (κ3) is 1.89. The fourth-order valence-corrected chi connectivity index (χ4v) is 1.08. The van der Waals surface area contributed by atoms with E-state index in [9.17, 15) is 5.11 Å². The first kappa shape index (κ1) is 10.2. The first-order valence-corrected chi connectivity index (χ1v) is 4.48. The van der Waals surface area contributed by atoms with Crippen molar-refractivity contribution in [2.45, 2.75) is 33.3 Å². The second-order valence-corrected chi connectivity index (χ2v) is 4.56. The fraction of sp³-hybridized carbons (Fsp3) is 0.545. The molecule has 0 bridgehead atoms. The van der Waals surface area contributed by atoms with Crippen molar-refractivity contribution in [1.82, 2.24) is 4.98 Å². The van der Waals surface area contributed by atoms with Crippen LogP contribution in [-0.4, -0.2) is 10.1 Å². The predicted octanol–water partition coefficient (Wildman–Crippen LogP) is 2.34. The number of aliphatic hydroxyl groups is 1. The molecule has 1 aromatic rings. The van der Waals surface area contributed by atoms with Crippen molar-refractivity contribution in [1.29, 1.82) is 0 Å². The maximum absolute atomic E-state index is 10.3. The monoisotopic (exact) mass is 179 g/mol. The first-order chi connectivity index (χ1) is 5.86. The van der Waals surface area contributed by atoms with Crippen LogP contribution in [0.5, 0.6) is 0 Å². The van der Waals surface area contributed by atoms with Crippen LogP contribution in [0.2, 0.25) is 0 Å². The van der Waals surface area contributed by atoms with E-state index in [1.165, 1.54) is 0 Å². The van der Waals surface area contributed by atoms with E-state index in [1.807, 2.05) is 39.8 Å². The summed E-state index contributed by atoms with van der Waals surface area (Å²) in [7, 11) is 0. The Balaban J connectivity index is 3.08. The molecule has 1 aromatic heterocycles. The van der Waals surface area contributed by atoms with Crippen molar-refractivity contribution in [3.63, 3.8) is 0 Å². The van der Waals surface area contributed by atoms with Crippen LogP contribution >= 0.6 is 0 Å². The van der Waals surface area contributed by atoms with Gasteiger partial charge in [-0.15, -0.1) is 0 Å². The Morgan fingerprint density at radius 2 is 1.85 bits per heavy atom. The maximum atomic E-state index is 10.3. The molecule has 72 valence electrons. The lowest BCUT2D eigenvalue weighted by atomic mass is 9.74. The average molecular weight is 179 g/mol. The molecular formula is C11H17NO. The third-order valence-corrected chi connectivity index (χ3v) is 2.68. The Morgan fingerprint density at radius 3 is 2.23 bits per heavy atom. The van der Waals surface area contributed by atoms with E-state index in [0.29, 0.717) is 0 Å². The molecule has 0 spiro atoms. The standard InChI is InChI=1S/C11H17NO/c1-10(2,3)11(4,13)9-6-5-7-12-8-9/h5-8,13H,1-4H3. The summed E-state index contributed by atoms with van der Waals surface area (Å²) >= 11 is 0. The van der Waals surface area contributed by atoms with Gasteiger partial charge in [0.25, 0.3) is 0 Å². The van der Waals surface area contributed by atoms with Gasteiger partial charge in [-0.3, -0.25) is 4.98 Å². The molecule has 0 radical (unpaired) electrons. The van der Waals surface area contributed by atoms with E-state index in [1.54, 1.807) is 12.4 Å². The summed E-state index contributed by atoms with van der Waals surface area (Å²) in [5.74, 6) is 0. The van der Waals surface area contributed by atoms with E-state index in [-0.39, 0.29) is 5.41 Å². The Morgan fingerprint density at radius 1 is 1.23 bits per heavy atom. The highest BCUT2D eigenvalue weighted by molar-refractivity contribution is 5.19. The predicted molar refractivity (Wildman–Crippen MR) is 53.3 cm³/mol. The number of hydrogen-bond donors (Lipinski definition) is 1. The lowest BCUT2D eigenvalue weighted by Gasteiger charge is -2.37. The summed E-state index contributed by atoms with van der Waals surface area (Å²) in [5, 5.41) is 10.3. The van der Waals surface area contributed by atoms with E-state index >= 15 is 0 Å². The Hall–Kier alpha value is -0.890. The highest BCUT2D eigenvalue weighted by Gasteiger charge is 2.36. The molecule has 0 aliphatic carbocycles. The van der Waals surface area contributed by atoms with Crippen molar-refractivity contribution in [3.05, 3.63) is 30.1 Å². The van der Waals surface area contributed by atoms with Crippen LogP contribution in [0.15, 0.2) is 24.5 Å². The van der Waals surface area contributed by atoms with Gasteiger partial charge >= 0.3 is 0 Å². The molecule has 0 fully saturated rings. The van der Waals surface area contributed by atoms with Crippen molar-refractivity contribution in [3.8, 4) is 0 Å². The quantitative estimate of drug-likeness (QED) is 0.717. The summed E-state index contributed by atoms with van der Waals surface area (Å²) in [6.45, 7) is 7.87. The molecule has 0 aliphatic heterocycles. The van der Waals surface area contributed by atoms with E-state index in [0.717, 1.165) is 5.56 Å². The average Bonchev–Trinajstić information content (AvgIpc) is 2.04. The minimum absolute atomic E-state index is 0.184. The van der Waals surface area contributed by atoms with Gasteiger partial charge in [-0.25, -0.2) is 0 Å². The SMILES string of the molecule is CC(C)(C)C(C)(O)c1cccnc1. The molecule has 0 aliphatic rings. The molecular weight excluding hydrogens is 162 g/mol. The summed E-state index contributed by atoms with van der Waals surface area (Å²) in [6.07, 6.45) is 3.42. The van der Waals surface area contributed by atoms with Crippen molar-refractivity contribution >= 4 is 0 Å². The van der Waals surface area contributed by atoms with Gasteiger partial charge in [0, 0.05) is 18.0 Å². The van der Waals surface area contributed by atoms with Crippen molar-refractivity contribution < 1.29 is 5.11 Å². The van der Waals surface area contributed by atoms with Gasteiger partial charge in [-0.05, 0) is 18.4 Å².